The van der Waals surface area contributed by atoms with Gasteiger partial charge in [-0.05, 0) is 83.6 Å². The number of para-hydroxylation sites is 1. The third-order valence-electron chi connectivity index (χ3n) is 8.80. The summed E-state index contributed by atoms with van der Waals surface area (Å²) < 4.78 is 8.00. The van der Waals surface area contributed by atoms with Gasteiger partial charge in [-0.25, -0.2) is 0 Å². The molecule has 0 aliphatic carbocycles. The topological polar surface area (TPSA) is 3.24 Å². The Bertz CT molecular complexity index is 2730. The van der Waals surface area contributed by atoms with E-state index in [0.717, 1.165) is 5.69 Å². The quantitative estimate of drug-likeness (QED) is 0.192. The largest absolute Gasteiger partial charge is 0.310 e. The lowest BCUT2D eigenvalue weighted by molar-refractivity contribution is 1.30. The molecule has 0 amide bonds. The summed E-state index contributed by atoms with van der Waals surface area (Å²) in [5.74, 6) is 0. The molecule has 44 heavy (non-hydrogen) atoms. The van der Waals surface area contributed by atoms with Crippen LogP contribution in [0.2, 0.25) is 0 Å². The van der Waals surface area contributed by atoms with Crippen LogP contribution < -0.4 is 4.90 Å². The summed E-state index contributed by atoms with van der Waals surface area (Å²) in [5, 5.41) is 10.6. The fourth-order valence-corrected chi connectivity index (χ4v) is 10.2. The maximum atomic E-state index is 2.40. The van der Waals surface area contributed by atoms with Crippen molar-refractivity contribution in [2.75, 3.05) is 4.90 Å². The van der Waals surface area contributed by atoms with E-state index in [-0.39, 0.29) is 0 Å². The highest BCUT2D eigenvalue weighted by atomic mass is 32.1. The van der Waals surface area contributed by atoms with Crippen LogP contribution in [0.3, 0.4) is 0 Å². The SMILES string of the molecule is c1ccc(N(c2ccc3c(c2)sc2ccccc23)c2ccc3c(c2)sc2cc4cc5c(cc4cc23)sc2ccccc25)cc1. The molecule has 4 heteroatoms. The van der Waals surface area contributed by atoms with Gasteiger partial charge in [-0.2, -0.15) is 0 Å². The molecule has 7 aromatic carbocycles. The number of fused-ring (bicyclic) bond motifs is 10. The molecule has 0 saturated carbocycles. The van der Waals surface area contributed by atoms with E-state index in [9.17, 15) is 0 Å². The van der Waals surface area contributed by atoms with Gasteiger partial charge in [-0.3, -0.25) is 0 Å². The number of thiophene rings is 3. The van der Waals surface area contributed by atoms with Gasteiger partial charge in [0, 0.05) is 77.6 Å². The van der Waals surface area contributed by atoms with E-state index >= 15 is 0 Å². The van der Waals surface area contributed by atoms with Gasteiger partial charge < -0.3 is 4.90 Å². The maximum Gasteiger partial charge on any atom is 0.0476 e. The summed E-state index contributed by atoms with van der Waals surface area (Å²) in [6.45, 7) is 0. The number of hydrogen-bond donors (Lipinski definition) is 0. The highest BCUT2D eigenvalue weighted by molar-refractivity contribution is 7.26. The van der Waals surface area contributed by atoms with Crippen molar-refractivity contribution in [2.24, 2.45) is 0 Å². The Kier molecular flexibility index (Phi) is 5.26. The third kappa shape index (κ3) is 3.69. The smallest absolute Gasteiger partial charge is 0.0476 e. The third-order valence-corrected chi connectivity index (χ3v) is 12.2. The van der Waals surface area contributed by atoms with Gasteiger partial charge in [0.1, 0.15) is 0 Å². The predicted octanol–water partition coefficient (Wildman–Crippen LogP) is 13.4. The Morgan fingerprint density at radius 2 is 0.727 bits per heavy atom. The van der Waals surface area contributed by atoms with Gasteiger partial charge in [-0.15, -0.1) is 34.0 Å². The van der Waals surface area contributed by atoms with Crippen LogP contribution in [-0.4, -0.2) is 0 Å². The lowest BCUT2D eigenvalue weighted by Crippen LogP contribution is -2.09. The van der Waals surface area contributed by atoms with Gasteiger partial charge in [0.15, 0.2) is 0 Å². The standard InChI is InChI=1S/C40H23NS3/c1-2-8-26(9-3-1)41(27-14-16-31-29-10-4-6-12-35(29)43-39(31)22-27)28-15-17-32-34-19-25-20-37-33(30-11-5-7-13-36(30)42-37)18-24(25)21-38(34)44-40(32)23-28/h1-23H. The zero-order chi connectivity index (χ0) is 28.8. The fraction of sp³-hybridized carbons (Fsp3) is 0. The summed E-state index contributed by atoms with van der Waals surface area (Å²) in [6, 6.07) is 51.7. The maximum absolute atomic E-state index is 2.40. The second-order valence-corrected chi connectivity index (χ2v) is 14.6. The van der Waals surface area contributed by atoms with Crippen molar-refractivity contribution in [3.63, 3.8) is 0 Å². The second kappa shape index (κ2) is 9.38. The fourth-order valence-electron chi connectivity index (χ4n) is 6.75. The predicted molar refractivity (Wildman–Crippen MR) is 197 cm³/mol. The average Bonchev–Trinajstić information content (AvgIpc) is 3.73. The van der Waals surface area contributed by atoms with Crippen LogP contribution in [0.15, 0.2) is 140 Å². The van der Waals surface area contributed by atoms with Gasteiger partial charge in [0.2, 0.25) is 0 Å². The van der Waals surface area contributed by atoms with Crippen LogP contribution >= 0.6 is 34.0 Å². The Morgan fingerprint density at radius 3 is 1.32 bits per heavy atom. The Hall–Kier alpha value is -4.74. The molecule has 0 bridgehead atoms. The van der Waals surface area contributed by atoms with Crippen LogP contribution in [0.1, 0.15) is 0 Å². The Balaban J connectivity index is 1.15. The number of nitrogens with zero attached hydrogens (tertiary/aromatic N) is 1. The van der Waals surface area contributed by atoms with Crippen molar-refractivity contribution in [1.29, 1.82) is 0 Å². The molecule has 1 nitrogen and oxygen atoms in total. The summed E-state index contributed by atoms with van der Waals surface area (Å²) in [5.41, 5.74) is 3.51. The first-order valence-corrected chi connectivity index (χ1v) is 17.2. The van der Waals surface area contributed by atoms with Crippen molar-refractivity contribution in [3.05, 3.63) is 140 Å². The molecule has 0 aliphatic rings. The van der Waals surface area contributed by atoms with Gasteiger partial charge in [-0.1, -0.05) is 66.7 Å². The summed E-state index contributed by atoms with van der Waals surface area (Å²) in [7, 11) is 0. The molecule has 0 N–H and O–H groups in total. The summed E-state index contributed by atoms with van der Waals surface area (Å²) in [6.07, 6.45) is 0. The molecule has 0 unspecified atom stereocenters. The molecule has 3 heterocycles. The van der Waals surface area contributed by atoms with Gasteiger partial charge in [0.05, 0.1) is 0 Å². The number of hydrogen-bond acceptors (Lipinski definition) is 4. The van der Waals surface area contributed by atoms with E-state index in [4.69, 9.17) is 0 Å². The minimum absolute atomic E-state index is 1.16. The van der Waals surface area contributed by atoms with Gasteiger partial charge >= 0.3 is 0 Å². The molecule has 0 spiro atoms. The van der Waals surface area contributed by atoms with E-state index in [0.29, 0.717) is 0 Å². The molecule has 0 atom stereocenters. The monoisotopic (exact) mass is 613 g/mol. The molecule has 0 fully saturated rings. The minimum Gasteiger partial charge on any atom is -0.310 e. The van der Waals surface area contributed by atoms with Crippen molar-refractivity contribution >= 4 is 122 Å². The van der Waals surface area contributed by atoms with Gasteiger partial charge in [0.25, 0.3) is 0 Å². The first kappa shape index (κ1) is 24.7. The first-order valence-electron chi connectivity index (χ1n) is 14.7. The minimum atomic E-state index is 1.16. The zero-order valence-electron chi connectivity index (χ0n) is 23.5. The van der Waals surface area contributed by atoms with Crippen LogP contribution in [0.4, 0.5) is 17.1 Å². The number of rotatable bonds is 3. The summed E-state index contributed by atoms with van der Waals surface area (Å²) >= 11 is 5.65. The van der Waals surface area contributed by atoms with Crippen molar-refractivity contribution in [1.82, 2.24) is 0 Å². The molecule has 0 aliphatic heterocycles. The second-order valence-electron chi connectivity index (χ2n) is 11.4. The average molecular weight is 614 g/mol. The molecule has 10 aromatic rings. The van der Waals surface area contributed by atoms with Crippen molar-refractivity contribution in [2.45, 2.75) is 0 Å². The highest BCUT2D eigenvalue weighted by Gasteiger charge is 2.17. The molecule has 10 rings (SSSR count). The van der Waals surface area contributed by atoms with E-state index in [1.54, 1.807) is 0 Å². The van der Waals surface area contributed by atoms with Crippen LogP contribution in [0.5, 0.6) is 0 Å². The van der Waals surface area contributed by atoms with E-state index in [1.807, 2.05) is 34.0 Å². The molecule has 206 valence electrons. The number of benzene rings is 7. The molecule has 3 aromatic heterocycles. The van der Waals surface area contributed by atoms with Crippen molar-refractivity contribution < 1.29 is 0 Å². The van der Waals surface area contributed by atoms with E-state index in [1.165, 1.54) is 82.7 Å². The first-order chi connectivity index (χ1) is 21.8. The molecular formula is C40H23NS3. The molecular weight excluding hydrogens is 591 g/mol. The van der Waals surface area contributed by atoms with Crippen molar-refractivity contribution in [3.8, 4) is 0 Å². The highest BCUT2D eigenvalue weighted by Crippen LogP contribution is 2.44. The van der Waals surface area contributed by atoms with Crippen LogP contribution in [0, 0.1) is 0 Å². The lowest BCUT2D eigenvalue weighted by atomic mass is 10.0. The summed E-state index contributed by atoms with van der Waals surface area (Å²) in [4.78, 5) is 2.39. The lowest BCUT2D eigenvalue weighted by Gasteiger charge is -2.25. The zero-order valence-corrected chi connectivity index (χ0v) is 25.9. The number of anilines is 3. The van der Waals surface area contributed by atoms with Crippen LogP contribution in [0.25, 0.3) is 71.3 Å². The van der Waals surface area contributed by atoms with Crippen LogP contribution in [-0.2, 0) is 0 Å². The Labute approximate surface area is 265 Å². The van der Waals surface area contributed by atoms with E-state index in [2.05, 4.69) is 144 Å². The molecule has 0 saturated heterocycles. The normalized spacial score (nSPS) is 12.1. The molecule has 0 radical (unpaired) electrons. The Morgan fingerprint density at radius 1 is 0.295 bits per heavy atom. The van der Waals surface area contributed by atoms with E-state index < -0.39 is 0 Å².